The summed E-state index contributed by atoms with van der Waals surface area (Å²) < 4.78 is 0. The predicted octanol–water partition coefficient (Wildman–Crippen LogP) is 2.10. The van der Waals surface area contributed by atoms with E-state index in [2.05, 4.69) is 33.9 Å². The number of unbranched alkanes of at least 4 members (excludes halogenated alkanes) is 2. The van der Waals surface area contributed by atoms with Crippen LogP contribution in [-0.2, 0) is 6.42 Å². The zero-order chi connectivity index (χ0) is 13.7. The number of nitrogens with two attached hydrogens (primary N) is 1. The van der Waals surface area contributed by atoms with Crippen LogP contribution in [0.15, 0.2) is 0 Å². The minimum atomic E-state index is 0.305. The van der Waals surface area contributed by atoms with E-state index in [1.165, 1.54) is 19.3 Å². The summed E-state index contributed by atoms with van der Waals surface area (Å²) in [6.45, 7) is 6.38. The molecule has 5 heteroatoms. The number of H-pyrrole nitrogens is 1. The lowest BCUT2D eigenvalue weighted by atomic mass is 9.91. The number of piperidine rings is 1. The largest absolute Gasteiger partial charge is 0.340 e. The predicted molar refractivity (Wildman–Crippen MR) is 78.2 cm³/mol. The molecule has 3 N–H and O–H groups in total. The molecule has 2 heterocycles. The molecule has 1 fully saturated rings. The van der Waals surface area contributed by atoms with Crippen LogP contribution in [0.1, 0.15) is 51.8 Å². The molecule has 0 bridgehead atoms. The number of anilines is 1. The van der Waals surface area contributed by atoms with Crippen LogP contribution in [0.2, 0.25) is 0 Å². The monoisotopic (exact) mass is 265 g/mol. The summed E-state index contributed by atoms with van der Waals surface area (Å²) in [6, 6.07) is 0.305. The van der Waals surface area contributed by atoms with Crippen molar-refractivity contribution in [1.29, 1.82) is 0 Å². The standard InChI is InChI=1S/C14H27N5/c1-3-4-5-6-13-16-14(18-17-13)19-9-7-12(8-10-19)11(2)15/h11-12H,3-10,15H2,1-2H3,(H,16,17,18). The fraction of sp³-hybridized carbons (Fsp3) is 0.857. The van der Waals surface area contributed by atoms with Gasteiger partial charge in [-0.1, -0.05) is 19.8 Å². The van der Waals surface area contributed by atoms with Gasteiger partial charge in [-0.2, -0.15) is 4.98 Å². The Hall–Kier alpha value is -1.10. The molecule has 0 radical (unpaired) electrons. The fourth-order valence-electron chi connectivity index (χ4n) is 2.71. The SMILES string of the molecule is CCCCCc1nc(N2CCC(C(C)N)CC2)n[nH]1. The first-order chi connectivity index (χ1) is 9.20. The van der Waals surface area contributed by atoms with E-state index in [0.717, 1.165) is 44.1 Å². The molecule has 1 atom stereocenters. The Bertz CT molecular complexity index is 366. The van der Waals surface area contributed by atoms with Crippen LogP contribution in [0.25, 0.3) is 0 Å². The molecule has 1 unspecified atom stereocenters. The first-order valence-electron chi connectivity index (χ1n) is 7.62. The average molecular weight is 265 g/mol. The first-order valence-corrected chi connectivity index (χ1v) is 7.62. The van der Waals surface area contributed by atoms with Gasteiger partial charge in [0.2, 0.25) is 5.95 Å². The minimum absolute atomic E-state index is 0.305. The third-order valence-corrected chi connectivity index (χ3v) is 4.10. The summed E-state index contributed by atoms with van der Waals surface area (Å²) >= 11 is 0. The maximum Gasteiger partial charge on any atom is 0.244 e. The maximum absolute atomic E-state index is 5.97. The number of aromatic nitrogens is 3. The summed E-state index contributed by atoms with van der Waals surface area (Å²) in [5.41, 5.74) is 5.97. The molecule has 1 aromatic heterocycles. The molecule has 2 rings (SSSR count). The third-order valence-electron chi connectivity index (χ3n) is 4.10. The van der Waals surface area contributed by atoms with E-state index in [4.69, 9.17) is 5.73 Å². The van der Waals surface area contributed by atoms with Crippen molar-refractivity contribution in [2.45, 2.75) is 58.4 Å². The van der Waals surface area contributed by atoms with Crippen molar-refractivity contribution in [2.24, 2.45) is 11.7 Å². The lowest BCUT2D eigenvalue weighted by Gasteiger charge is -2.32. The van der Waals surface area contributed by atoms with Crippen LogP contribution in [0.5, 0.6) is 0 Å². The van der Waals surface area contributed by atoms with E-state index >= 15 is 0 Å². The van der Waals surface area contributed by atoms with Crippen molar-refractivity contribution in [2.75, 3.05) is 18.0 Å². The average Bonchev–Trinajstić information content (AvgIpc) is 2.88. The smallest absolute Gasteiger partial charge is 0.244 e. The number of aromatic amines is 1. The van der Waals surface area contributed by atoms with Crippen LogP contribution < -0.4 is 10.6 Å². The van der Waals surface area contributed by atoms with E-state index in [0.29, 0.717) is 12.0 Å². The van der Waals surface area contributed by atoms with Crippen molar-refractivity contribution in [3.8, 4) is 0 Å². The van der Waals surface area contributed by atoms with Crippen LogP contribution in [-0.4, -0.2) is 34.3 Å². The molecule has 0 aliphatic carbocycles. The summed E-state index contributed by atoms with van der Waals surface area (Å²) in [7, 11) is 0. The normalized spacial score (nSPS) is 18.8. The van der Waals surface area contributed by atoms with Gasteiger partial charge >= 0.3 is 0 Å². The number of nitrogens with zero attached hydrogens (tertiary/aromatic N) is 3. The molecule has 1 saturated heterocycles. The highest BCUT2D eigenvalue weighted by molar-refractivity contribution is 5.29. The molecule has 0 saturated carbocycles. The maximum atomic E-state index is 5.97. The molecule has 1 aliphatic rings. The Morgan fingerprint density at radius 3 is 2.74 bits per heavy atom. The second-order valence-electron chi connectivity index (χ2n) is 5.72. The number of hydrogen-bond acceptors (Lipinski definition) is 4. The second kappa shape index (κ2) is 6.89. The van der Waals surface area contributed by atoms with E-state index in [1.807, 2.05) is 0 Å². The minimum Gasteiger partial charge on any atom is -0.340 e. The topological polar surface area (TPSA) is 70.8 Å². The Kier molecular flexibility index (Phi) is 5.19. The molecule has 0 amide bonds. The number of hydrogen-bond donors (Lipinski definition) is 2. The van der Waals surface area contributed by atoms with Gasteiger partial charge in [-0.3, -0.25) is 5.10 Å². The van der Waals surface area contributed by atoms with E-state index in [-0.39, 0.29) is 0 Å². The Morgan fingerprint density at radius 1 is 1.37 bits per heavy atom. The highest BCUT2D eigenvalue weighted by Gasteiger charge is 2.23. The van der Waals surface area contributed by atoms with Crippen molar-refractivity contribution < 1.29 is 0 Å². The van der Waals surface area contributed by atoms with Gasteiger partial charge in [-0.15, -0.1) is 5.10 Å². The van der Waals surface area contributed by atoms with Gasteiger partial charge < -0.3 is 10.6 Å². The molecule has 19 heavy (non-hydrogen) atoms. The van der Waals surface area contributed by atoms with Crippen LogP contribution in [0, 0.1) is 5.92 Å². The highest BCUT2D eigenvalue weighted by Crippen LogP contribution is 2.22. The molecule has 108 valence electrons. The van der Waals surface area contributed by atoms with Gasteiger partial charge in [0.25, 0.3) is 0 Å². The van der Waals surface area contributed by atoms with Gasteiger partial charge in [-0.25, -0.2) is 0 Å². The lowest BCUT2D eigenvalue weighted by molar-refractivity contribution is 0.352. The van der Waals surface area contributed by atoms with E-state index in [9.17, 15) is 0 Å². The fourth-order valence-corrected chi connectivity index (χ4v) is 2.71. The second-order valence-corrected chi connectivity index (χ2v) is 5.72. The number of rotatable bonds is 6. The van der Waals surface area contributed by atoms with Gasteiger partial charge in [-0.05, 0) is 32.1 Å². The lowest BCUT2D eigenvalue weighted by Crippen LogP contribution is -2.40. The van der Waals surface area contributed by atoms with Crippen LogP contribution >= 0.6 is 0 Å². The van der Waals surface area contributed by atoms with Crippen LogP contribution in [0.3, 0.4) is 0 Å². The van der Waals surface area contributed by atoms with E-state index in [1.54, 1.807) is 0 Å². The van der Waals surface area contributed by atoms with Gasteiger partial charge in [0.05, 0.1) is 0 Å². The zero-order valence-corrected chi connectivity index (χ0v) is 12.2. The number of nitrogens with one attached hydrogen (secondary N) is 1. The molecule has 5 nitrogen and oxygen atoms in total. The number of aryl methyl sites for hydroxylation is 1. The summed E-state index contributed by atoms with van der Waals surface area (Å²) in [4.78, 5) is 6.88. The van der Waals surface area contributed by atoms with Gasteiger partial charge in [0.1, 0.15) is 5.82 Å². The Morgan fingerprint density at radius 2 is 2.11 bits per heavy atom. The molecule has 0 spiro atoms. The highest BCUT2D eigenvalue weighted by atomic mass is 15.4. The third kappa shape index (κ3) is 3.93. The van der Waals surface area contributed by atoms with Crippen molar-refractivity contribution in [1.82, 2.24) is 15.2 Å². The van der Waals surface area contributed by atoms with Crippen molar-refractivity contribution in [3.63, 3.8) is 0 Å². The van der Waals surface area contributed by atoms with E-state index < -0.39 is 0 Å². The van der Waals surface area contributed by atoms with Gasteiger partial charge in [0.15, 0.2) is 0 Å². The first kappa shape index (κ1) is 14.3. The van der Waals surface area contributed by atoms with Crippen molar-refractivity contribution >= 4 is 5.95 Å². The zero-order valence-electron chi connectivity index (χ0n) is 12.2. The quantitative estimate of drug-likeness (QED) is 0.773. The van der Waals surface area contributed by atoms with Gasteiger partial charge in [0, 0.05) is 25.6 Å². The molecule has 1 aliphatic heterocycles. The summed E-state index contributed by atoms with van der Waals surface area (Å²) in [5, 5.41) is 7.42. The summed E-state index contributed by atoms with van der Waals surface area (Å²) in [5.74, 6) is 2.55. The molecule has 1 aromatic rings. The van der Waals surface area contributed by atoms with Crippen LogP contribution in [0.4, 0.5) is 5.95 Å². The Balaban J connectivity index is 1.82. The molecular weight excluding hydrogens is 238 g/mol. The molecular formula is C14H27N5. The summed E-state index contributed by atoms with van der Waals surface area (Å²) in [6.07, 6.45) is 7.01. The Labute approximate surface area is 116 Å². The molecule has 0 aromatic carbocycles. The van der Waals surface area contributed by atoms with Crippen molar-refractivity contribution in [3.05, 3.63) is 5.82 Å².